The fraction of sp³-hybridized carbons (Fsp3) is 0.529. The minimum atomic E-state index is -0.611. The van der Waals surface area contributed by atoms with Gasteiger partial charge in [-0.15, -0.1) is 0 Å². The van der Waals surface area contributed by atoms with Crippen LogP contribution in [0.5, 0.6) is 11.5 Å². The van der Waals surface area contributed by atoms with Crippen molar-refractivity contribution in [2.75, 3.05) is 6.61 Å². The molecule has 0 aliphatic heterocycles. The molecule has 2 rings (SSSR count). The Morgan fingerprint density at radius 1 is 1.17 bits per heavy atom. The van der Waals surface area contributed by atoms with E-state index in [4.69, 9.17) is 9.47 Å². The normalized spacial score (nSPS) is 13.7. The first-order valence-corrected chi connectivity index (χ1v) is 8.20. The molecule has 0 spiro atoms. The highest BCUT2D eigenvalue weighted by molar-refractivity contribution is 5.31. The van der Waals surface area contributed by atoms with E-state index in [0.717, 1.165) is 18.7 Å². The van der Waals surface area contributed by atoms with Gasteiger partial charge in [0.05, 0.1) is 6.61 Å². The Labute approximate surface area is 142 Å². The van der Waals surface area contributed by atoms with Crippen molar-refractivity contribution in [3.8, 4) is 11.5 Å². The summed E-state index contributed by atoms with van der Waals surface area (Å²) in [5.41, 5.74) is 0. The molecule has 0 saturated heterocycles. The minimum absolute atomic E-state index is 0.220. The molecule has 7 nitrogen and oxygen atoms in total. The van der Waals surface area contributed by atoms with Crippen LogP contribution in [-0.2, 0) is 6.54 Å². The number of nitrogens with one attached hydrogen (secondary N) is 1. The Hall–Kier alpha value is -2.12. The molecule has 24 heavy (non-hydrogen) atoms. The Balaban J connectivity index is 1.77. The fourth-order valence-corrected chi connectivity index (χ4v) is 2.13. The van der Waals surface area contributed by atoms with Gasteiger partial charge < -0.3 is 14.6 Å². The molecule has 2 atom stereocenters. The third kappa shape index (κ3) is 6.17. The van der Waals surface area contributed by atoms with Crippen molar-refractivity contribution in [2.24, 2.45) is 0 Å². The van der Waals surface area contributed by atoms with E-state index in [1.54, 1.807) is 17.9 Å². The lowest BCUT2D eigenvalue weighted by atomic mass is 10.3. The van der Waals surface area contributed by atoms with Crippen LogP contribution in [0.25, 0.3) is 0 Å². The van der Waals surface area contributed by atoms with E-state index < -0.39 is 12.3 Å². The van der Waals surface area contributed by atoms with Gasteiger partial charge in [-0.3, -0.25) is 10.00 Å². The standard InChI is InChI=1S/C17H26N4O3/c1-13(2)20-17(14(3)22)24-16-7-5-15(6-8-16)23-10-4-9-21-12-18-11-19-21/h5-8,11-14,17,20,22H,4,9-10H2,1-3H3. The maximum atomic E-state index is 9.77. The molecule has 0 fully saturated rings. The summed E-state index contributed by atoms with van der Waals surface area (Å²) in [6.45, 7) is 7.10. The number of aliphatic hydroxyl groups is 1. The molecule has 0 radical (unpaired) electrons. The molecular weight excluding hydrogens is 308 g/mol. The average Bonchev–Trinajstić information content (AvgIpc) is 3.05. The van der Waals surface area contributed by atoms with Gasteiger partial charge in [0.2, 0.25) is 0 Å². The number of aliphatic hydroxyl groups excluding tert-OH is 1. The van der Waals surface area contributed by atoms with Gasteiger partial charge in [-0.25, -0.2) is 4.98 Å². The Morgan fingerprint density at radius 3 is 2.46 bits per heavy atom. The Morgan fingerprint density at radius 2 is 1.88 bits per heavy atom. The third-order valence-electron chi connectivity index (χ3n) is 3.29. The van der Waals surface area contributed by atoms with Gasteiger partial charge in [-0.05, 0) is 45.0 Å². The molecule has 7 heteroatoms. The summed E-state index contributed by atoms with van der Waals surface area (Å²) in [4.78, 5) is 3.90. The summed E-state index contributed by atoms with van der Waals surface area (Å²) in [5.74, 6) is 1.47. The Bertz CT molecular complexity index is 570. The molecule has 1 heterocycles. The van der Waals surface area contributed by atoms with E-state index in [9.17, 15) is 5.11 Å². The zero-order valence-corrected chi connectivity index (χ0v) is 14.4. The smallest absolute Gasteiger partial charge is 0.176 e. The molecule has 1 aromatic carbocycles. The van der Waals surface area contributed by atoms with Crippen molar-refractivity contribution < 1.29 is 14.6 Å². The molecule has 0 bridgehead atoms. The lowest BCUT2D eigenvalue weighted by Crippen LogP contribution is -2.46. The highest BCUT2D eigenvalue weighted by atomic mass is 16.5. The van der Waals surface area contributed by atoms with E-state index in [2.05, 4.69) is 15.4 Å². The van der Waals surface area contributed by atoms with E-state index in [1.807, 2.05) is 38.1 Å². The number of aryl methyl sites for hydroxylation is 1. The number of benzene rings is 1. The van der Waals surface area contributed by atoms with Crippen LogP contribution in [-0.4, -0.2) is 44.9 Å². The van der Waals surface area contributed by atoms with E-state index in [-0.39, 0.29) is 6.04 Å². The van der Waals surface area contributed by atoms with Crippen LogP contribution < -0.4 is 14.8 Å². The number of nitrogens with zero attached hydrogens (tertiary/aromatic N) is 3. The molecule has 1 aromatic heterocycles. The van der Waals surface area contributed by atoms with Crippen LogP contribution in [0.2, 0.25) is 0 Å². The van der Waals surface area contributed by atoms with Gasteiger partial charge in [-0.2, -0.15) is 5.10 Å². The van der Waals surface area contributed by atoms with Gasteiger partial charge in [0.15, 0.2) is 6.23 Å². The molecule has 0 aliphatic rings. The second-order valence-corrected chi connectivity index (χ2v) is 5.93. The predicted molar refractivity (Wildman–Crippen MR) is 90.9 cm³/mol. The zero-order valence-electron chi connectivity index (χ0n) is 14.4. The lowest BCUT2D eigenvalue weighted by molar-refractivity contribution is 0.0218. The van der Waals surface area contributed by atoms with Crippen molar-refractivity contribution in [1.82, 2.24) is 20.1 Å². The van der Waals surface area contributed by atoms with Crippen LogP contribution in [0.1, 0.15) is 27.2 Å². The average molecular weight is 334 g/mol. The first-order chi connectivity index (χ1) is 11.5. The molecule has 0 saturated carbocycles. The summed E-state index contributed by atoms with van der Waals surface area (Å²) in [7, 11) is 0. The van der Waals surface area contributed by atoms with E-state index in [1.165, 1.54) is 6.33 Å². The Kier molecular flexibility index (Phi) is 7.02. The monoisotopic (exact) mass is 334 g/mol. The van der Waals surface area contributed by atoms with Crippen LogP contribution in [0, 0.1) is 0 Å². The summed E-state index contributed by atoms with van der Waals surface area (Å²) in [5, 5.41) is 17.0. The van der Waals surface area contributed by atoms with E-state index in [0.29, 0.717) is 12.4 Å². The first-order valence-electron chi connectivity index (χ1n) is 8.20. The maximum absolute atomic E-state index is 9.77. The summed E-state index contributed by atoms with van der Waals surface area (Å²) in [6.07, 6.45) is 3.01. The topological polar surface area (TPSA) is 81.4 Å². The SMILES string of the molecule is CC(C)NC(Oc1ccc(OCCCn2cncn2)cc1)C(C)O. The predicted octanol–water partition coefficient (Wildman–Crippen LogP) is 1.83. The third-order valence-corrected chi connectivity index (χ3v) is 3.29. The van der Waals surface area contributed by atoms with Crippen molar-refractivity contribution in [1.29, 1.82) is 0 Å². The van der Waals surface area contributed by atoms with Crippen molar-refractivity contribution in [3.05, 3.63) is 36.9 Å². The molecular formula is C17H26N4O3. The summed E-state index contributed by atoms with van der Waals surface area (Å²) < 4.78 is 13.3. The largest absolute Gasteiger partial charge is 0.494 e. The summed E-state index contributed by atoms with van der Waals surface area (Å²) >= 11 is 0. The molecule has 2 unspecified atom stereocenters. The number of rotatable bonds is 10. The second kappa shape index (κ2) is 9.24. The van der Waals surface area contributed by atoms with E-state index >= 15 is 0 Å². The van der Waals surface area contributed by atoms with Crippen molar-refractivity contribution in [3.63, 3.8) is 0 Å². The molecule has 2 N–H and O–H groups in total. The summed E-state index contributed by atoms with van der Waals surface area (Å²) in [6, 6.07) is 7.62. The highest BCUT2D eigenvalue weighted by Gasteiger charge is 2.17. The number of ether oxygens (including phenoxy) is 2. The van der Waals surface area contributed by atoms with Gasteiger partial charge in [0.25, 0.3) is 0 Å². The molecule has 132 valence electrons. The first kappa shape index (κ1) is 18.2. The number of hydrogen-bond donors (Lipinski definition) is 2. The molecule has 2 aromatic rings. The second-order valence-electron chi connectivity index (χ2n) is 5.93. The fourth-order valence-electron chi connectivity index (χ4n) is 2.13. The van der Waals surface area contributed by atoms with Gasteiger partial charge >= 0.3 is 0 Å². The van der Waals surface area contributed by atoms with Crippen molar-refractivity contribution in [2.45, 2.75) is 52.1 Å². The lowest BCUT2D eigenvalue weighted by Gasteiger charge is -2.25. The van der Waals surface area contributed by atoms with Crippen LogP contribution in [0.3, 0.4) is 0 Å². The quantitative estimate of drug-likeness (QED) is 0.510. The van der Waals surface area contributed by atoms with Gasteiger partial charge in [0, 0.05) is 19.0 Å². The van der Waals surface area contributed by atoms with Gasteiger partial charge in [0.1, 0.15) is 30.3 Å². The van der Waals surface area contributed by atoms with Crippen LogP contribution in [0.15, 0.2) is 36.9 Å². The molecule has 0 amide bonds. The molecule has 0 aliphatic carbocycles. The van der Waals surface area contributed by atoms with Crippen molar-refractivity contribution >= 4 is 0 Å². The number of hydrogen-bond acceptors (Lipinski definition) is 6. The van der Waals surface area contributed by atoms with Gasteiger partial charge in [-0.1, -0.05) is 0 Å². The van der Waals surface area contributed by atoms with Crippen LogP contribution in [0.4, 0.5) is 0 Å². The zero-order chi connectivity index (χ0) is 17.4. The maximum Gasteiger partial charge on any atom is 0.176 e. The minimum Gasteiger partial charge on any atom is -0.494 e. The number of aromatic nitrogens is 3. The highest BCUT2D eigenvalue weighted by Crippen LogP contribution is 2.19. The van der Waals surface area contributed by atoms with Crippen LogP contribution >= 0.6 is 0 Å².